The summed E-state index contributed by atoms with van der Waals surface area (Å²) in [6.45, 7) is 8.15. The lowest BCUT2D eigenvalue weighted by Gasteiger charge is -2.32. The van der Waals surface area contributed by atoms with E-state index in [1.165, 1.54) is 16.7 Å². The molecule has 2 amide bonds. The second-order valence-corrected chi connectivity index (χ2v) is 7.98. The fourth-order valence-electron chi connectivity index (χ4n) is 3.85. The van der Waals surface area contributed by atoms with Crippen LogP contribution in [0.2, 0.25) is 0 Å². The van der Waals surface area contributed by atoms with Gasteiger partial charge in [-0.3, -0.25) is 4.90 Å². The smallest absolute Gasteiger partial charge is 0.315 e. The minimum atomic E-state index is -0.0300. The van der Waals surface area contributed by atoms with E-state index in [-0.39, 0.29) is 12.1 Å². The molecule has 0 radical (unpaired) electrons. The number of nitrogens with zero attached hydrogens (tertiary/aromatic N) is 1. The van der Waals surface area contributed by atoms with Crippen molar-refractivity contribution in [1.29, 1.82) is 0 Å². The van der Waals surface area contributed by atoms with Gasteiger partial charge in [0.25, 0.3) is 0 Å². The van der Waals surface area contributed by atoms with Gasteiger partial charge < -0.3 is 10.6 Å². The number of benzene rings is 2. The van der Waals surface area contributed by atoms with Crippen molar-refractivity contribution in [2.75, 3.05) is 19.6 Å². The second-order valence-electron chi connectivity index (χ2n) is 7.98. The molecule has 2 aromatic rings. The van der Waals surface area contributed by atoms with Crippen LogP contribution in [0.5, 0.6) is 0 Å². The molecule has 1 fully saturated rings. The molecular formula is C24H33N3O. The monoisotopic (exact) mass is 379 g/mol. The molecule has 1 heterocycles. The number of carbonyl (C=O) groups excluding carboxylic acids is 1. The second kappa shape index (κ2) is 10.3. The number of hydrogen-bond donors (Lipinski definition) is 2. The summed E-state index contributed by atoms with van der Waals surface area (Å²) in [6, 6.07) is 19.3. The van der Waals surface area contributed by atoms with Crippen molar-refractivity contribution in [2.45, 2.75) is 51.6 Å². The van der Waals surface area contributed by atoms with Crippen LogP contribution >= 0.6 is 0 Å². The Balaban J connectivity index is 1.33. The van der Waals surface area contributed by atoms with Gasteiger partial charge in [-0.1, -0.05) is 61.5 Å². The average Bonchev–Trinajstić information content (AvgIpc) is 2.72. The lowest BCUT2D eigenvalue weighted by Crippen LogP contribution is -2.47. The normalized spacial score (nSPS) is 16.5. The minimum Gasteiger partial charge on any atom is -0.338 e. The Labute approximate surface area is 169 Å². The lowest BCUT2D eigenvalue weighted by molar-refractivity contribution is 0.186. The minimum absolute atomic E-state index is 0.0300. The number of aryl methyl sites for hydroxylation is 1. The van der Waals surface area contributed by atoms with E-state index in [0.717, 1.165) is 38.9 Å². The largest absolute Gasteiger partial charge is 0.338 e. The topological polar surface area (TPSA) is 44.4 Å². The molecule has 4 nitrogen and oxygen atoms in total. The Hall–Kier alpha value is -2.33. The van der Waals surface area contributed by atoms with Crippen molar-refractivity contribution in [1.82, 2.24) is 15.5 Å². The molecule has 0 spiro atoms. The van der Waals surface area contributed by atoms with Crippen LogP contribution in [0.1, 0.15) is 48.8 Å². The molecule has 1 unspecified atom stereocenters. The van der Waals surface area contributed by atoms with E-state index in [9.17, 15) is 4.79 Å². The van der Waals surface area contributed by atoms with Gasteiger partial charge in [0, 0.05) is 32.2 Å². The molecule has 0 saturated carbocycles. The van der Waals surface area contributed by atoms with E-state index in [4.69, 9.17) is 0 Å². The number of rotatable bonds is 7. The summed E-state index contributed by atoms with van der Waals surface area (Å²) in [4.78, 5) is 14.7. The third-order valence-corrected chi connectivity index (χ3v) is 5.81. The van der Waals surface area contributed by atoms with Crippen LogP contribution in [0.15, 0.2) is 54.6 Å². The van der Waals surface area contributed by atoms with Crippen molar-refractivity contribution in [3.8, 4) is 0 Å². The molecule has 4 heteroatoms. The maximum Gasteiger partial charge on any atom is 0.315 e. The number of nitrogens with one attached hydrogen (secondary N) is 2. The molecule has 0 aromatic heterocycles. The summed E-state index contributed by atoms with van der Waals surface area (Å²) in [6.07, 6.45) is 2.98. The molecule has 1 aliphatic rings. The first-order chi connectivity index (χ1) is 13.6. The molecule has 1 aliphatic heterocycles. The molecule has 2 aromatic carbocycles. The standard InChI is InChI=1S/C24H33N3O/c1-19-8-6-7-11-22(19)18-27-16-13-23(14-17-27)26-24(28)25-15-12-20(2)21-9-4-3-5-10-21/h3-11,20,23H,12-18H2,1-2H3,(H2,25,26,28). The highest BCUT2D eigenvalue weighted by Gasteiger charge is 2.21. The van der Waals surface area contributed by atoms with Crippen molar-refractivity contribution >= 4 is 6.03 Å². The van der Waals surface area contributed by atoms with E-state index in [1.807, 2.05) is 6.07 Å². The van der Waals surface area contributed by atoms with Crippen molar-refractivity contribution in [3.05, 3.63) is 71.3 Å². The molecular weight excluding hydrogens is 346 g/mol. The first-order valence-electron chi connectivity index (χ1n) is 10.5. The van der Waals surface area contributed by atoms with Gasteiger partial charge >= 0.3 is 6.03 Å². The summed E-state index contributed by atoms with van der Waals surface area (Å²) >= 11 is 0. The molecule has 1 saturated heterocycles. The Morgan fingerprint density at radius 3 is 2.46 bits per heavy atom. The van der Waals surface area contributed by atoms with Crippen LogP contribution in [0.4, 0.5) is 4.79 Å². The first-order valence-corrected chi connectivity index (χ1v) is 10.5. The van der Waals surface area contributed by atoms with Gasteiger partial charge in [-0.2, -0.15) is 0 Å². The number of carbonyl (C=O) groups is 1. The maximum absolute atomic E-state index is 12.2. The van der Waals surface area contributed by atoms with Crippen molar-refractivity contribution in [3.63, 3.8) is 0 Å². The van der Waals surface area contributed by atoms with Gasteiger partial charge in [0.15, 0.2) is 0 Å². The Kier molecular flexibility index (Phi) is 7.49. The third kappa shape index (κ3) is 6.10. The molecule has 2 N–H and O–H groups in total. The summed E-state index contributed by atoms with van der Waals surface area (Å²) in [5, 5.41) is 6.18. The van der Waals surface area contributed by atoms with Gasteiger partial charge in [-0.15, -0.1) is 0 Å². The zero-order chi connectivity index (χ0) is 19.8. The lowest BCUT2D eigenvalue weighted by atomic mass is 9.98. The molecule has 0 bridgehead atoms. The highest BCUT2D eigenvalue weighted by molar-refractivity contribution is 5.74. The van der Waals surface area contributed by atoms with Crippen LogP contribution < -0.4 is 10.6 Å². The average molecular weight is 380 g/mol. The van der Waals surface area contributed by atoms with Crippen molar-refractivity contribution < 1.29 is 4.79 Å². The third-order valence-electron chi connectivity index (χ3n) is 5.81. The molecule has 150 valence electrons. The predicted octanol–water partition coefficient (Wildman–Crippen LogP) is 4.45. The van der Waals surface area contributed by atoms with E-state index in [1.54, 1.807) is 0 Å². The Morgan fingerprint density at radius 2 is 1.75 bits per heavy atom. The fraction of sp³-hybridized carbons (Fsp3) is 0.458. The molecule has 1 atom stereocenters. The van der Waals surface area contributed by atoms with Gasteiger partial charge in [-0.25, -0.2) is 4.79 Å². The maximum atomic E-state index is 12.2. The van der Waals surface area contributed by atoms with E-state index < -0.39 is 0 Å². The molecule has 3 rings (SSSR count). The SMILES string of the molecule is Cc1ccccc1CN1CCC(NC(=O)NCCC(C)c2ccccc2)CC1. The van der Waals surface area contributed by atoms with E-state index >= 15 is 0 Å². The summed E-state index contributed by atoms with van der Waals surface area (Å²) in [5.74, 6) is 0.450. The number of hydrogen-bond acceptors (Lipinski definition) is 2. The highest BCUT2D eigenvalue weighted by atomic mass is 16.2. The zero-order valence-electron chi connectivity index (χ0n) is 17.2. The number of piperidine rings is 1. The Bertz CT molecular complexity index is 739. The van der Waals surface area contributed by atoms with Crippen LogP contribution in [0, 0.1) is 6.92 Å². The van der Waals surface area contributed by atoms with Crippen LogP contribution in [0.25, 0.3) is 0 Å². The first kappa shape index (κ1) is 20.4. The number of urea groups is 1. The van der Waals surface area contributed by atoms with Gasteiger partial charge in [0.2, 0.25) is 0 Å². The predicted molar refractivity (Wildman–Crippen MR) is 115 cm³/mol. The van der Waals surface area contributed by atoms with Crippen LogP contribution in [0.3, 0.4) is 0 Å². The molecule has 28 heavy (non-hydrogen) atoms. The van der Waals surface area contributed by atoms with E-state index in [0.29, 0.717) is 12.5 Å². The summed E-state index contributed by atoms with van der Waals surface area (Å²) in [7, 11) is 0. The van der Waals surface area contributed by atoms with Gasteiger partial charge in [0.05, 0.1) is 0 Å². The van der Waals surface area contributed by atoms with Crippen molar-refractivity contribution in [2.24, 2.45) is 0 Å². The Morgan fingerprint density at radius 1 is 1.07 bits per heavy atom. The fourth-order valence-corrected chi connectivity index (χ4v) is 3.85. The van der Waals surface area contributed by atoms with Crippen LogP contribution in [-0.2, 0) is 6.54 Å². The molecule has 0 aliphatic carbocycles. The zero-order valence-corrected chi connectivity index (χ0v) is 17.2. The summed E-state index contributed by atoms with van der Waals surface area (Å²) < 4.78 is 0. The van der Waals surface area contributed by atoms with Gasteiger partial charge in [0.1, 0.15) is 0 Å². The summed E-state index contributed by atoms with van der Waals surface area (Å²) in [5.41, 5.74) is 4.08. The van der Waals surface area contributed by atoms with Gasteiger partial charge in [-0.05, 0) is 48.8 Å². The quantitative estimate of drug-likeness (QED) is 0.746. The highest BCUT2D eigenvalue weighted by Crippen LogP contribution is 2.18. The van der Waals surface area contributed by atoms with Crippen LogP contribution in [-0.4, -0.2) is 36.6 Å². The number of likely N-dealkylation sites (tertiary alicyclic amines) is 1. The number of amides is 2. The van der Waals surface area contributed by atoms with E-state index in [2.05, 4.69) is 77.9 Å².